The van der Waals surface area contributed by atoms with Gasteiger partial charge in [0.2, 0.25) is 0 Å². The SMILES string of the molecule is CO[C@@H]1Cn2c(=O)nc(N3C[C@@H](C)N[C@@H](C)C3)c3cc(C(F)(F)F)cc(c32)[SH](c2ccc(F)c(Cl)c2)C1. The quantitative estimate of drug-likeness (QED) is 0.356. The van der Waals surface area contributed by atoms with Crippen molar-refractivity contribution in [2.75, 3.05) is 30.9 Å². The van der Waals surface area contributed by atoms with E-state index in [0.717, 1.165) is 12.1 Å². The van der Waals surface area contributed by atoms with Crippen molar-refractivity contribution in [1.82, 2.24) is 14.9 Å². The standard InChI is InChI=1S/C25H27ClF4N4O2S/c1-13-9-33(10-14(2)31-13)23-18-6-15(25(28,29)30)7-21-22(18)34(24(35)32-23)11-16(36-3)12-37(21)17-4-5-20(27)19(26)8-17/h4-8,13-14,16,31,37H,9-12H2,1-3H3/t13-,14+,16-/m1/s1. The molecule has 0 bridgehead atoms. The second-order valence-electron chi connectivity index (χ2n) is 9.66. The number of nitrogens with zero attached hydrogens (tertiary/aromatic N) is 3. The van der Waals surface area contributed by atoms with E-state index in [1.807, 2.05) is 18.7 Å². The zero-order chi connectivity index (χ0) is 26.6. The Bertz CT molecular complexity index is 1410. The molecule has 1 aromatic heterocycles. The first-order valence-corrected chi connectivity index (χ1v) is 13.8. The normalized spacial score (nSPS) is 25.4. The lowest BCUT2D eigenvalue weighted by Crippen LogP contribution is -2.55. The molecule has 1 N–H and O–H groups in total. The third-order valence-corrected chi connectivity index (χ3v) is 9.71. The van der Waals surface area contributed by atoms with Crippen LogP contribution in [0.25, 0.3) is 10.9 Å². The molecule has 1 saturated heterocycles. The molecule has 1 unspecified atom stereocenters. The van der Waals surface area contributed by atoms with Crippen molar-refractivity contribution in [3.8, 4) is 0 Å². The van der Waals surface area contributed by atoms with Crippen LogP contribution in [0.1, 0.15) is 19.4 Å². The summed E-state index contributed by atoms with van der Waals surface area (Å²) in [6, 6.07) is 6.53. The van der Waals surface area contributed by atoms with Crippen molar-refractivity contribution in [2.24, 2.45) is 0 Å². The number of halogens is 5. The molecular weight excluding hydrogens is 532 g/mol. The van der Waals surface area contributed by atoms with Gasteiger partial charge in [0.25, 0.3) is 0 Å². The lowest BCUT2D eigenvalue weighted by Gasteiger charge is -2.37. The van der Waals surface area contributed by atoms with E-state index in [1.165, 1.54) is 23.8 Å². The van der Waals surface area contributed by atoms with E-state index < -0.39 is 40.2 Å². The number of hydrogen-bond acceptors (Lipinski definition) is 5. The highest BCUT2D eigenvalue weighted by molar-refractivity contribution is 8.17. The number of methoxy groups -OCH3 is 1. The number of anilines is 1. The van der Waals surface area contributed by atoms with E-state index in [2.05, 4.69) is 10.3 Å². The first-order valence-electron chi connectivity index (χ1n) is 11.9. The number of piperazine rings is 1. The van der Waals surface area contributed by atoms with Crippen molar-refractivity contribution >= 4 is 39.2 Å². The van der Waals surface area contributed by atoms with Crippen LogP contribution in [0.3, 0.4) is 0 Å². The van der Waals surface area contributed by atoms with Crippen LogP contribution in [-0.2, 0) is 17.5 Å². The lowest BCUT2D eigenvalue weighted by molar-refractivity contribution is -0.137. The average molecular weight is 559 g/mol. The van der Waals surface area contributed by atoms with E-state index in [1.54, 1.807) is 6.07 Å². The molecule has 4 atom stereocenters. The maximum absolute atomic E-state index is 14.2. The summed E-state index contributed by atoms with van der Waals surface area (Å²) in [5.41, 5.74) is -0.956. The molecule has 0 spiro atoms. The van der Waals surface area contributed by atoms with Crippen LogP contribution in [-0.4, -0.2) is 53.7 Å². The largest absolute Gasteiger partial charge is 0.416 e. The number of alkyl halides is 3. The first kappa shape index (κ1) is 26.3. The van der Waals surface area contributed by atoms with E-state index in [9.17, 15) is 22.4 Å². The molecule has 200 valence electrons. The van der Waals surface area contributed by atoms with Gasteiger partial charge in [-0.2, -0.15) is 29.1 Å². The minimum atomic E-state index is -4.62. The molecule has 3 heterocycles. The minimum absolute atomic E-state index is 0.0559. The number of aromatic nitrogens is 2. The summed E-state index contributed by atoms with van der Waals surface area (Å²) in [5.74, 6) is -0.0351. The number of rotatable bonds is 3. The average Bonchev–Trinajstić information content (AvgIpc) is 2.99. The summed E-state index contributed by atoms with van der Waals surface area (Å²) in [7, 11) is 0.0104. The lowest BCUT2D eigenvalue weighted by atomic mass is 10.1. The Morgan fingerprint density at radius 3 is 2.46 bits per heavy atom. The number of thiol groups is 1. The van der Waals surface area contributed by atoms with Crippen molar-refractivity contribution < 1.29 is 22.3 Å². The van der Waals surface area contributed by atoms with E-state index in [4.69, 9.17) is 16.3 Å². The third-order valence-electron chi connectivity index (χ3n) is 6.83. The van der Waals surface area contributed by atoms with Crippen LogP contribution in [0.5, 0.6) is 0 Å². The van der Waals surface area contributed by atoms with Gasteiger partial charge in [0, 0.05) is 48.3 Å². The van der Waals surface area contributed by atoms with Gasteiger partial charge in [0.05, 0.1) is 28.8 Å². The van der Waals surface area contributed by atoms with Gasteiger partial charge in [-0.15, -0.1) is 0 Å². The molecule has 6 nitrogen and oxygen atoms in total. The van der Waals surface area contributed by atoms with Gasteiger partial charge in [0.15, 0.2) is 0 Å². The van der Waals surface area contributed by atoms with Crippen LogP contribution in [0.4, 0.5) is 23.4 Å². The molecule has 1 fully saturated rings. The molecule has 0 saturated carbocycles. The second kappa shape index (κ2) is 9.76. The second-order valence-corrected chi connectivity index (χ2v) is 12.3. The summed E-state index contributed by atoms with van der Waals surface area (Å²) < 4.78 is 63.7. The van der Waals surface area contributed by atoms with Gasteiger partial charge in [-0.3, -0.25) is 4.57 Å². The maximum Gasteiger partial charge on any atom is 0.416 e. The molecule has 3 aromatic rings. The summed E-state index contributed by atoms with van der Waals surface area (Å²) in [5, 5.41) is 3.55. The molecule has 2 aromatic carbocycles. The minimum Gasteiger partial charge on any atom is -0.379 e. The molecule has 5 rings (SSSR count). The highest BCUT2D eigenvalue weighted by Gasteiger charge is 2.36. The van der Waals surface area contributed by atoms with Crippen LogP contribution in [0.2, 0.25) is 5.02 Å². The molecular formula is C25H27ClF4N4O2S. The zero-order valence-corrected chi connectivity index (χ0v) is 22.1. The number of hydrogen-bond donors (Lipinski definition) is 2. The van der Waals surface area contributed by atoms with Crippen molar-refractivity contribution in [2.45, 2.75) is 54.5 Å². The Hall–Kier alpha value is -2.34. The summed E-state index contributed by atoms with van der Waals surface area (Å²) in [4.78, 5) is 20.6. The van der Waals surface area contributed by atoms with Gasteiger partial charge in [-0.25, -0.2) is 9.18 Å². The fraction of sp³-hybridized carbons (Fsp3) is 0.440. The van der Waals surface area contributed by atoms with E-state index in [0.29, 0.717) is 34.2 Å². The zero-order valence-electron chi connectivity index (χ0n) is 20.4. The van der Waals surface area contributed by atoms with Crippen LogP contribution in [0.15, 0.2) is 44.9 Å². The Kier molecular flexibility index (Phi) is 6.93. The van der Waals surface area contributed by atoms with Crippen LogP contribution in [0, 0.1) is 5.82 Å². The van der Waals surface area contributed by atoms with Gasteiger partial charge < -0.3 is 15.0 Å². The first-order chi connectivity index (χ1) is 17.5. The molecule has 0 radical (unpaired) electrons. The Balaban J connectivity index is 1.84. The fourth-order valence-electron chi connectivity index (χ4n) is 5.27. The molecule has 2 aliphatic rings. The van der Waals surface area contributed by atoms with Crippen LogP contribution < -0.4 is 15.9 Å². The number of ether oxygens (including phenoxy) is 1. The topological polar surface area (TPSA) is 59.4 Å². The highest BCUT2D eigenvalue weighted by atomic mass is 35.5. The van der Waals surface area contributed by atoms with Gasteiger partial charge in [0.1, 0.15) is 11.6 Å². The molecule has 12 heteroatoms. The monoisotopic (exact) mass is 558 g/mol. The number of nitrogens with one attached hydrogen (secondary N) is 1. The fourth-order valence-corrected chi connectivity index (χ4v) is 8.21. The van der Waals surface area contributed by atoms with Crippen molar-refractivity contribution in [3.63, 3.8) is 0 Å². The van der Waals surface area contributed by atoms with Crippen molar-refractivity contribution in [1.29, 1.82) is 0 Å². The Morgan fingerprint density at radius 2 is 1.84 bits per heavy atom. The van der Waals surface area contributed by atoms with E-state index >= 15 is 0 Å². The Morgan fingerprint density at radius 1 is 1.14 bits per heavy atom. The van der Waals surface area contributed by atoms with Crippen LogP contribution >= 0.6 is 22.5 Å². The maximum atomic E-state index is 14.2. The van der Waals surface area contributed by atoms with Gasteiger partial charge in [-0.1, -0.05) is 11.6 Å². The Labute approximate surface area is 218 Å². The van der Waals surface area contributed by atoms with Gasteiger partial charge >= 0.3 is 11.9 Å². The summed E-state index contributed by atoms with van der Waals surface area (Å²) in [6.45, 7) is 5.08. The summed E-state index contributed by atoms with van der Waals surface area (Å²) in [6.07, 6.45) is -5.09. The molecule has 0 aliphatic carbocycles. The molecule has 37 heavy (non-hydrogen) atoms. The third kappa shape index (κ3) is 4.94. The highest BCUT2D eigenvalue weighted by Crippen LogP contribution is 2.52. The molecule has 2 aliphatic heterocycles. The van der Waals surface area contributed by atoms with Gasteiger partial charge in [-0.05, 0) is 49.1 Å². The number of benzene rings is 2. The van der Waals surface area contributed by atoms with Crippen molar-refractivity contribution in [3.05, 3.63) is 57.2 Å². The predicted molar refractivity (Wildman–Crippen MR) is 138 cm³/mol. The smallest absolute Gasteiger partial charge is 0.379 e. The molecule has 0 amide bonds. The summed E-state index contributed by atoms with van der Waals surface area (Å²) >= 11 is 6.08. The predicted octanol–water partition coefficient (Wildman–Crippen LogP) is 4.84. The van der Waals surface area contributed by atoms with E-state index in [-0.39, 0.29) is 34.9 Å².